The lowest BCUT2D eigenvalue weighted by molar-refractivity contribution is -0.141. The van der Waals surface area contributed by atoms with Crippen molar-refractivity contribution in [3.63, 3.8) is 0 Å². The maximum absolute atomic E-state index is 13.3. The van der Waals surface area contributed by atoms with Gasteiger partial charge in [0.15, 0.2) is 0 Å². The molecule has 25 heavy (non-hydrogen) atoms. The molecular weight excluding hydrogens is 314 g/mol. The lowest BCUT2D eigenvalue weighted by Crippen LogP contribution is -2.46. The molecule has 0 unspecified atom stereocenters. The molecule has 0 radical (unpaired) electrons. The van der Waals surface area contributed by atoms with E-state index in [9.17, 15) is 9.90 Å². The predicted molar refractivity (Wildman–Crippen MR) is 95.5 cm³/mol. The molecule has 0 bridgehead atoms. The summed E-state index contributed by atoms with van der Waals surface area (Å²) in [5.41, 5.74) is 2.90. The van der Waals surface area contributed by atoms with E-state index in [4.69, 9.17) is 4.74 Å². The molecule has 2 aliphatic rings. The molecule has 1 aliphatic heterocycles. The normalized spacial score (nSPS) is 21.8. The summed E-state index contributed by atoms with van der Waals surface area (Å²) in [5.74, 6) is 0.439. The van der Waals surface area contributed by atoms with Crippen molar-refractivity contribution in [2.75, 3.05) is 19.7 Å². The minimum absolute atomic E-state index is 0.182. The summed E-state index contributed by atoms with van der Waals surface area (Å²) in [6.07, 6.45) is 1.66. The van der Waals surface area contributed by atoms with Crippen LogP contribution in [-0.2, 0) is 14.9 Å². The smallest absolute Gasteiger partial charge is 0.233 e. The zero-order valence-corrected chi connectivity index (χ0v) is 14.4. The predicted octanol–water partition coefficient (Wildman–Crippen LogP) is 3.33. The number of carbonyl (C=O) groups excluding carboxylic acids is 1. The van der Waals surface area contributed by atoms with Gasteiger partial charge in [0, 0.05) is 6.54 Å². The van der Waals surface area contributed by atoms with Crippen LogP contribution in [0.15, 0.2) is 48.5 Å². The minimum atomic E-state index is -0.341. The molecule has 2 aromatic rings. The molecule has 4 heteroatoms. The van der Waals surface area contributed by atoms with Crippen molar-refractivity contribution in [2.24, 2.45) is 0 Å². The van der Waals surface area contributed by atoms with Gasteiger partial charge < -0.3 is 14.7 Å². The Labute approximate surface area is 148 Å². The van der Waals surface area contributed by atoms with Gasteiger partial charge in [0.25, 0.3) is 0 Å². The lowest BCUT2D eigenvalue weighted by atomic mass is 9.92. The third kappa shape index (κ3) is 3.02. The molecule has 4 rings (SSSR count). The molecule has 1 saturated carbocycles. The highest BCUT2D eigenvalue weighted by Gasteiger charge is 2.53. The number of phenols is 1. The molecule has 1 heterocycles. The van der Waals surface area contributed by atoms with E-state index < -0.39 is 0 Å². The quantitative estimate of drug-likeness (QED) is 0.934. The monoisotopic (exact) mass is 337 g/mol. The van der Waals surface area contributed by atoms with Gasteiger partial charge in [-0.25, -0.2) is 0 Å². The van der Waals surface area contributed by atoms with Crippen LogP contribution in [0.4, 0.5) is 0 Å². The summed E-state index contributed by atoms with van der Waals surface area (Å²) in [6.45, 7) is 3.75. The fraction of sp³-hybridized carbons (Fsp3) is 0.381. The van der Waals surface area contributed by atoms with Crippen LogP contribution in [0.25, 0.3) is 0 Å². The molecule has 0 aromatic heterocycles. The first kappa shape index (κ1) is 16.2. The maximum Gasteiger partial charge on any atom is 0.233 e. The van der Waals surface area contributed by atoms with Crippen LogP contribution in [0.2, 0.25) is 0 Å². The number of hydrogen-bond donors (Lipinski definition) is 1. The largest absolute Gasteiger partial charge is 0.508 e. The van der Waals surface area contributed by atoms with Gasteiger partial charge >= 0.3 is 0 Å². The molecule has 4 nitrogen and oxygen atoms in total. The van der Waals surface area contributed by atoms with E-state index in [1.54, 1.807) is 12.1 Å². The Bertz CT molecular complexity index is 797. The number of rotatable bonds is 3. The highest BCUT2D eigenvalue weighted by atomic mass is 16.5. The number of nitrogens with zero attached hydrogens (tertiary/aromatic N) is 1. The van der Waals surface area contributed by atoms with Crippen molar-refractivity contribution in [1.29, 1.82) is 0 Å². The molecule has 130 valence electrons. The summed E-state index contributed by atoms with van der Waals surface area (Å²) in [4.78, 5) is 15.2. The number of hydrogen-bond acceptors (Lipinski definition) is 3. The Hall–Kier alpha value is -2.33. The molecule has 1 amide bonds. The first-order valence-corrected chi connectivity index (χ1v) is 8.85. The average molecular weight is 337 g/mol. The second-order valence-electron chi connectivity index (χ2n) is 7.16. The summed E-state index contributed by atoms with van der Waals surface area (Å²) < 4.78 is 5.85. The molecule has 1 saturated heterocycles. The molecular formula is C21H23NO3. The average Bonchev–Trinajstić information content (AvgIpc) is 3.43. The molecule has 0 spiro atoms. The van der Waals surface area contributed by atoms with Crippen molar-refractivity contribution in [3.8, 4) is 5.75 Å². The molecule has 1 aliphatic carbocycles. The van der Waals surface area contributed by atoms with Crippen LogP contribution >= 0.6 is 0 Å². The van der Waals surface area contributed by atoms with E-state index in [-0.39, 0.29) is 23.2 Å². The first-order valence-electron chi connectivity index (χ1n) is 8.85. The van der Waals surface area contributed by atoms with Gasteiger partial charge in [-0.2, -0.15) is 0 Å². The van der Waals surface area contributed by atoms with Crippen molar-refractivity contribution in [2.45, 2.75) is 31.3 Å². The van der Waals surface area contributed by atoms with Crippen LogP contribution in [0.3, 0.4) is 0 Å². The van der Waals surface area contributed by atoms with E-state index in [0.29, 0.717) is 19.7 Å². The standard InChI is InChI=1S/C21H23NO3/c1-15-4-2-6-17(12-15)21(8-9-21)20(24)22-10-11-25-19(14-22)16-5-3-7-18(23)13-16/h2-7,12-13,19,23H,8-11,14H2,1H3/t19-/m1/s1. The number of benzene rings is 2. The third-order valence-electron chi connectivity index (χ3n) is 5.33. The number of morpholine rings is 1. The fourth-order valence-electron chi connectivity index (χ4n) is 3.76. The van der Waals surface area contributed by atoms with E-state index in [2.05, 4.69) is 25.1 Å². The number of ether oxygens (including phenoxy) is 1. The number of aromatic hydroxyl groups is 1. The van der Waals surface area contributed by atoms with Gasteiger partial charge in [0.1, 0.15) is 11.9 Å². The minimum Gasteiger partial charge on any atom is -0.508 e. The highest BCUT2D eigenvalue weighted by molar-refractivity contribution is 5.91. The van der Waals surface area contributed by atoms with Crippen molar-refractivity contribution in [1.82, 2.24) is 4.90 Å². The Balaban J connectivity index is 1.54. The Morgan fingerprint density at radius 2 is 2.00 bits per heavy atom. The van der Waals surface area contributed by atoms with Gasteiger partial charge in [0.2, 0.25) is 5.91 Å². The zero-order chi connectivity index (χ0) is 17.4. The summed E-state index contributed by atoms with van der Waals surface area (Å²) >= 11 is 0. The van der Waals surface area contributed by atoms with Crippen LogP contribution in [0.5, 0.6) is 5.75 Å². The van der Waals surface area contributed by atoms with Crippen LogP contribution in [0.1, 0.15) is 35.6 Å². The fourth-order valence-corrected chi connectivity index (χ4v) is 3.76. The van der Waals surface area contributed by atoms with Gasteiger partial charge in [0.05, 0.1) is 18.6 Å². The van der Waals surface area contributed by atoms with Crippen molar-refractivity contribution in [3.05, 3.63) is 65.2 Å². The van der Waals surface area contributed by atoms with Crippen molar-refractivity contribution < 1.29 is 14.6 Å². The molecule has 1 N–H and O–H groups in total. The van der Waals surface area contributed by atoms with Gasteiger partial charge in [-0.1, -0.05) is 42.0 Å². The summed E-state index contributed by atoms with van der Waals surface area (Å²) in [6, 6.07) is 15.4. The Kier molecular flexibility index (Phi) is 4.00. The van der Waals surface area contributed by atoms with Crippen LogP contribution in [-0.4, -0.2) is 35.6 Å². The van der Waals surface area contributed by atoms with Gasteiger partial charge in [-0.05, 0) is 43.0 Å². The summed E-state index contributed by atoms with van der Waals surface area (Å²) in [5, 5.41) is 9.70. The second kappa shape index (κ2) is 6.19. The number of amides is 1. The van der Waals surface area contributed by atoms with E-state index in [1.165, 1.54) is 5.56 Å². The van der Waals surface area contributed by atoms with Crippen LogP contribution < -0.4 is 0 Å². The van der Waals surface area contributed by atoms with Gasteiger partial charge in [-0.3, -0.25) is 4.79 Å². The number of phenolic OH excluding ortho intramolecular Hbond substituents is 1. The van der Waals surface area contributed by atoms with E-state index in [1.807, 2.05) is 23.1 Å². The molecule has 1 atom stereocenters. The molecule has 2 aromatic carbocycles. The van der Waals surface area contributed by atoms with Crippen molar-refractivity contribution >= 4 is 5.91 Å². The topological polar surface area (TPSA) is 49.8 Å². The van der Waals surface area contributed by atoms with Gasteiger partial charge in [-0.15, -0.1) is 0 Å². The van der Waals surface area contributed by atoms with E-state index >= 15 is 0 Å². The number of carbonyl (C=O) groups is 1. The Morgan fingerprint density at radius 1 is 1.20 bits per heavy atom. The second-order valence-corrected chi connectivity index (χ2v) is 7.16. The highest BCUT2D eigenvalue weighted by Crippen LogP contribution is 2.50. The lowest BCUT2D eigenvalue weighted by Gasteiger charge is -2.35. The number of aryl methyl sites for hydroxylation is 1. The molecule has 2 fully saturated rings. The van der Waals surface area contributed by atoms with E-state index in [0.717, 1.165) is 24.0 Å². The Morgan fingerprint density at radius 3 is 2.72 bits per heavy atom. The van der Waals surface area contributed by atoms with Crippen LogP contribution in [0, 0.1) is 6.92 Å². The maximum atomic E-state index is 13.3. The SMILES string of the molecule is Cc1cccc(C2(C(=O)N3CCO[C@@H](c4cccc(O)c4)C3)CC2)c1. The first-order chi connectivity index (χ1) is 12.1. The zero-order valence-electron chi connectivity index (χ0n) is 14.4. The summed E-state index contributed by atoms with van der Waals surface area (Å²) in [7, 11) is 0. The third-order valence-corrected chi connectivity index (χ3v) is 5.33.